The largest absolute Gasteiger partial charge is 0.493 e. The van der Waals surface area contributed by atoms with Crippen molar-refractivity contribution >= 4 is 15.9 Å². The zero-order valence-electron chi connectivity index (χ0n) is 20.7. The molecule has 8 heteroatoms. The van der Waals surface area contributed by atoms with Gasteiger partial charge in [-0.15, -0.1) is 0 Å². The van der Waals surface area contributed by atoms with Crippen molar-refractivity contribution in [2.24, 2.45) is 0 Å². The molecule has 1 amide bonds. The Hall–Kier alpha value is -3.36. The van der Waals surface area contributed by atoms with E-state index in [1.807, 2.05) is 55.5 Å². The van der Waals surface area contributed by atoms with E-state index in [2.05, 4.69) is 10.0 Å². The highest BCUT2D eigenvalue weighted by molar-refractivity contribution is 7.89. The van der Waals surface area contributed by atoms with E-state index in [9.17, 15) is 13.2 Å². The van der Waals surface area contributed by atoms with Gasteiger partial charge in [0, 0.05) is 6.54 Å². The van der Waals surface area contributed by atoms with E-state index in [1.165, 1.54) is 0 Å². The molecule has 0 aliphatic carbocycles. The van der Waals surface area contributed by atoms with Crippen LogP contribution in [0.1, 0.15) is 27.8 Å². The minimum Gasteiger partial charge on any atom is -0.493 e. The smallest absolute Gasteiger partial charge is 0.241 e. The lowest BCUT2D eigenvalue weighted by Gasteiger charge is -2.21. The minimum atomic E-state index is -3.95. The van der Waals surface area contributed by atoms with Crippen LogP contribution < -0.4 is 19.5 Å². The summed E-state index contributed by atoms with van der Waals surface area (Å²) in [7, 11) is -0.858. The van der Waals surface area contributed by atoms with E-state index >= 15 is 0 Å². The van der Waals surface area contributed by atoms with E-state index in [0.717, 1.165) is 16.7 Å². The summed E-state index contributed by atoms with van der Waals surface area (Å²) in [5.74, 6) is 0.710. The fourth-order valence-electron chi connectivity index (χ4n) is 4.18. The number of carbonyl (C=O) groups is 1. The Labute approximate surface area is 207 Å². The Morgan fingerprint density at radius 3 is 2.09 bits per heavy atom. The average Bonchev–Trinajstić information content (AvgIpc) is 2.81. The molecule has 186 valence electrons. The van der Waals surface area contributed by atoms with Gasteiger partial charge in [-0.25, -0.2) is 8.42 Å². The number of amides is 1. The van der Waals surface area contributed by atoms with Crippen molar-refractivity contribution in [3.05, 3.63) is 88.5 Å². The average molecular weight is 497 g/mol. The van der Waals surface area contributed by atoms with Crippen molar-refractivity contribution < 1.29 is 22.7 Å². The van der Waals surface area contributed by atoms with E-state index in [-0.39, 0.29) is 17.9 Å². The Morgan fingerprint density at radius 2 is 1.49 bits per heavy atom. The van der Waals surface area contributed by atoms with Crippen LogP contribution in [0.3, 0.4) is 0 Å². The van der Waals surface area contributed by atoms with Gasteiger partial charge in [-0.05, 0) is 61.6 Å². The number of benzene rings is 3. The molecule has 2 N–H and O–H groups in total. The molecule has 0 aliphatic rings. The highest BCUT2D eigenvalue weighted by Gasteiger charge is 2.28. The lowest BCUT2D eigenvalue weighted by molar-refractivity contribution is -0.122. The topological polar surface area (TPSA) is 93.7 Å². The molecule has 0 saturated heterocycles. The normalized spacial score (nSPS) is 12.1. The number of ether oxygens (including phenoxy) is 2. The molecule has 0 unspecified atom stereocenters. The van der Waals surface area contributed by atoms with Crippen molar-refractivity contribution in [1.82, 2.24) is 10.0 Å². The molecule has 3 aromatic carbocycles. The second-order valence-corrected chi connectivity index (χ2v) is 10.1. The van der Waals surface area contributed by atoms with Gasteiger partial charge in [-0.3, -0.25) is 4.79 Å². The zero-order chi connectivity index (χ0) is 25.6. The fourth-order valence-corrected chi connectivity index (χ4v) is 5.83. The Balaban J connectivity index is 1.85. The summed E-state index contributed by atoms with van der Waals surface area (Å²) in [4.78, 5) is 13.4. The maximum Gasteiger partial charge on any atom is 0.241 e. The third kappa shape index (κ3) is 6.61. The molecular formula is C27H32N2O5S. The van der Waals surface area contributed by atoms with E-state index in [4.69, 9.17) is 9.47 Å². The number of methoxy groups -OCH3 is 2. The second kappa shape index (κ2) is 11.4. The molecular weight excluding hydrogens is 464 g/mol. The summed E-state index contributed by atoms with van der Waals surface area (Å²) in [6.45, 7) is 5.65. The van der Waals surface area contributed by atoms with Crippen molar-refractivity contribution in [3.63, 3.8) is 0 Å². The number of sulfonamides is 1. The number of nitrogens with one attached hydrogen (secondary N) is 2. The van der Waals surface area contributed by atoms with Gasteiger partial charge < -0.3 is 14.8 Å². The SMILES string of the molecule is COc1ccc(CNC(=O)[C@@H](Cc2ccccc2)NS(=O)(=O)c2c(C)cc(C)cc2C)cc1OC. The molecule has 3 rings (SSSR count). The number of aryl methyl sites for hydroxylation is 3. The van der Waals surface area contributed by atoms with Crippen molar-refractivity contribution in [2.45, 2.75) is 44.7 Å². The highest BCUT2D eigenvalue weighted by Crippen LogP contribution is 2.27. The number of hydrogen-bond donors (Lipinski definition) is 2. The third-order valence-corrected chi connectivity index (χ3v) is 7.46. The van der Waals surface area contributed by atoms with E-state index in [1.54, 1.807) is 40.2 Å². The van der Waals surface area contributed by atoms with Gasteiger partial charge in [-0.1, -0.05) is 54.1 Å². The van der Waals surface area contributed by atoms with Crippen LogP contribution in [0, 0.1) is 20.8 Å². The monoisotopic (exact) mass is 496 g/mol. The molecule has 0 aromatic heterocycles. The van der Waals surface area contributed by atoms with Gasteiger partial charge in [0.1, 0.15) is 6.04 Å². The molecule has 0 spiro atoms. The van der Waals surface area contributed by atoms with Gasteiger partial charge in [-0.2, -0.15) is 4.72 Å². The minimum absolute atomic E-state index is 0.203. The van der Waals surface area contributed by atoms with Crippen LogP contribution in [0.4, 0.5) is 0 Å². The lowest BCUT2D eigenvalue weighted by atomic mass is 10.1. The molecule has 0 bridgehead atoms. The quantitative estimate of drug-likeness (QED) is 0.445. The van der Waals surface area contributed by atoms with Crippen LogP contribution in [0.2, 0.25) is 0 Å². The first kappa shape index (κ1) is 26.2. The molecule has 0 radical (unpaired) electrons. The second-order valence-electron chi connectivity index (χ2n) is 8.50. The Kier molecular flexibility index (Phi) is 8.53. The predicted molar refractivity (Wildman–Crippen MR) is 136 cm³/mol. The zero-order valence-corrected chi connectivity index (χ0v) is 21.5. The molecule has 1 atom stereocenters. The van der Waals surface area contributed by atoms with Crippen molar-refractivity contribution in [2.75, 3.05) is 14.2 Å². The summed E-state index contributed by atoms with van der Waals surface area (Å²) >= 11 is 0. The summed E-state index contributed by atoms with van der Waals surface area (Å²) in [6.07, 6.45) is 0.210. The Bertz CT molecular complexity index is 1270. The van der Waals surface area contributed by atoms with Crippen LogP contribution in [0.25, 0.3) is 0 Å². The number of carbonyl (C=O) groups excluding carboxylic acids is 1. The van der Waals surface area contributed by atoms with Crippen molar-refractivity contribution in [1.29, 1.82) is 0 Å². The molecule has 0 saturated carbocycles. The summed E-state index contributed by atoms with van der Waals surface area (Å²) in [5, 5.41) is 2.86. The van der Waals surface area contributed by atoms with E-state index < -0.39 is 22.0 Å². The maximum atomic E-state index is 13.4. The van der Waals surface area contributed by atoms with Crippen LogP contribution in [0.15, 0.2) is 65.6 Å². The summed E-state index contributed by atoms with van der Waals surface area (Å²) in [5.41, 5.74) is 3.90. The molecule has 35 heavy (non-hydrogen) atoms. The maximum absolute atomic E-state index is 13.4. The van der Waals surface area contributed by atoms with E-state index in [0.29, 0.717) is 22.6 Å². The van der Waals surface area contributed by atoms with Gasteiger partial charge >= 0.3 is 0 Å². The van der Waals surface area contributed by atoms with Crippen LogP contribution in [0.5, 0.6) is 11.5 Å². The highest BCUT2D eigenvalue weighted by atomic mass is 32.2. The summed E-state index contributed by atoms with van der Waals surface area (Å²) < 4.78 is 40.0. The number of rotatable bonds is 10. The fraction of sp³-hybridized carbons (Fsp3) is 0.296. The van der Waals surface area contributed by atoms with Crippen molar-refractivity contribution in [3.8, 4) is 11.5 Å². The molecule has 0 fully saturated rings. The van der Waals surface area contributed by atoms with Gasteiger partial charge in [0.05, 0.1) is 19.1 Å². The van der Waals surface area contributed by atoms with Gasteiger partial charge in [0.15, 0.2) is 11.5 Å². The van der Waals surface area contributed by atoms with Crippen LogP contribution in [-0.4, -0.2) is 34.6 Å². The predicted octanol–water partition coefficient (Wildman–Crippen LogP) is 3.84. The van der Waals surface area contributed by atoms with Gasteiger partial charge in [0.2, 0.25) is 15.9 Å². The first-order valence-corrected chi connectivity index (χ1v) is 12.8. The third-order valence-electron chi connectivity index (χ3n) is 5.68. The molecule has 7 nitrogen and oxygen atoms in total. The van der Waals surface area contributed by atoms with Crippen LogP contribution in [-0.2, 0) is 27.8 Å². The Morgan fingerprint density at radius 1 is 0.857 bits per heavy atom. The molecule has 3 aromatic rings. The molecule has 0 aliphatic heterocycles. The standard InChI is InChI=1S/C27H32N2O5S/c1-18-13-19(2)26(20(3)14-18)35(31,32)29-23(15-21-9-7-6-8-10-21)27(30)28-17-22-11-12-24(33-4)25(16-22)34-5/h6-14,16,23,29H,15,17H2,1-5H3,(H,28,30)/t23-/m1/s1. The number of hydrogen-bond acceptors (Lipinski definition) is 5. The summed E-state index contributed by atoms with van der Waals surface area (Å²) in [6, 6.07) is 17.3. The lowest BCUT2D eigenvalue weighted by Crippen LogP contribution is -2.48. The molecule has 0 heterocycles. The first-order valence-electron chi connectivity index (χ1n) is 11.3. The van der Waals surface area contributed by atoms with Gasteiger partial charge in [0.25, 0.3) is 0 Å². The van der Waals surface area contributed by atoms with Crippen LogP contribution >= 0.6 is 0 Å². The first-order chi connectivity index (χ1) is 16.6.